The molecule has 546 valence electrons. The van der Waals surface area contributed by atoms with Gasteiger partial charge in [0, 0.05) is 96.7 Å². The molecule has 0 radical (unpaired) electrons. The van der Waals surface area contributed by atoms with Gasteiger partial charge in [-0.2, -0.15) is 0 Å². The highest BCUT2D eigenvalue weighted by molar-refractivity contribution is 6.12. The second-order valence-corrected chi connectivity index (χ2v) is 29.7. The predicted molar refractivity (Wildman–Crippen MR) is 353 cm³/mol. The fraction of sp³-hybridized carbons (Fsp3) is 0.712. The summed E-state index contributed by atoms with van der Waals surface area (Å²) < 4.78 is 73.7. The fourth-order valence-electron chi connectivity index (χ4n) is 17.5. The van der Waals surface area contributed by atoms with Gasteiger partial charge in [-0.1, -0.05) is 56.8 Å². The zero-order valence-electron chi connectivity index (χ0n) is 57.6. The average molecular weight is 1390 g/mol. The van der Waals surface area contributed by atoms with Crippen LogP contribution in [0.25, 0.3) is 0 Å². The molecule has 22 atom stereocenters. The van der Waals surface area contributed by atoms with E-state index in [0.717, 1.165) is 67.4 Å². The van der Waals surface area contributed by atoms with Gasteiger partial charge < -0.3 is 84.0 Å². The van der Waals surface area contributed by atoms with Crippen LogP contribution in [0.2, 0.25) is 0 Å². The Labute approximate surface area is 583 Å². The zero-order chi connectivity index (χ0) is 70.0. The van der Waals surface area contributed by atoms with Gasteiger partial charge in [-0.15, -0.1) is 0 Å². The van der Waals surface area contributed by atoms with Gasteiger partial charge in [-0.3, -0.25) is 48.1 Å². The fourth-order valence-corrected chi connectivity index (χ4v) is 17.5. The van der Waals surface area contributed by atoms with Crippen molar-refractivity contribution in [3.8, 4) is 0 Å². The van der Waals surface area contributed by atoms with Crippen molar-refractivity contribution in [3.63, 3.8) is 0 Å². The molecule has 27 heteroatoms. The standard InChI is InChI=1S/C73H99N7O20/c1-39-26-45-17-19-51-40(2)27-47(93-51)23-24-72-33-56-63-68-64(73(63,98-56)100-72)69(99-72)67-52(97-68)20-18-46(95-67)29-44(81)30-49-54(32-53(94-45)41(39)3)96-55(66(49)91-5)31-48(90-4)34-76-71(89)65(43-15-16-43)92-38-78-59(84)36-77-70(88)50(28-42-12-8-6-9-13-42)79-60(85)37-75-58(83)35-74-57(82)14-10-7-11-25-80-61(86)21-22-62(80)87/h6,8-9,12-13,21-22,39,43,45-56,63-69H,2-3,7,10-11,14-20,23-38H2,1,4-5H3,(H,74,82)(H,75,83)(H,76,89)(H,77,88)(H,78,84)(H,79,85)/t39-,45+,46-,47+,48+,49+,50+,51+,52+,53-,54+,55-,56-,63+,64?,65-,66-,67+,68+,69-,72-,73?/m1/s1. The number of hydrogen-bond donors (Lipinski definition) is 6. The first-order valence-corrected chi connectivity index (χ1v) is 36.4. The molecule has 100 heavy (non-hydrogen) atoms. The van der Waals surface area contributed by atoms with Crippen LogP contribution in [0.1, 0.15) is 134 Å². The Balaban J connectivity index is 0.585. The molecule has 10 saturated heterocycles. The first-order chi connectivity index (χ1) is 48.3. The first kappa shape index (κ1) is 72.0. The van der Waals surface area contributed by atoms with Crippen LogP contribution in [0.15, 0.2) is 66.8 Å². The normalized spacial score (nSPS) is 36.4. The predicted octanol–water partition coefficient (Wildman–Crippen LogP) is 2.89. The summed E-state index contributed by atoms with van der Waals surface area (Å²) >= 11 is 0. The number of benzene rings is 1. The number of hydrogen-bond acceptors (Lipinski definition) is 20. The highest BCUT2D eigenvalue weighted by atomic mass is 16.8. The highest BCUT2D eigenvalue weighted by Crippen LogP contribution is 2.73. The lowest BCUT2D eigenvalue weighted by molar-refractivity contribution is -0.620. The Bertz CT molecular complexity index is 3260. The Hall–Kier alpha value is -6.37. The molecule has 11 heterocycles. The number of unbranched alkanes of at least 4 members (excludes halogenated alkanes) is 2. The van der Waals surface area contributed by atoms with E-state index >= 15 is 0 Å². The van der Waals surface area contributed by atoms with Gasteiger partial charge in [0.1, 0.15) is 36.9 Å². The van der Waals surface area contributed by atoms with Gasteiger partial charge >= 0.3 is 0 Å². The Morgan fingerprint density at radius 3 is 2.19 bits per heavy atom. The summed E-state index contributed by atoms with van der Waals surface area (Å²) in [7, 11) is 3.21. The number of carbonyl (C=O) groups is 9. The van der Waals surface area contributed by atoms with Crippen molar-refractivity contribution >= 4 is 53.0 Å². The molecule has 6 N–H and O–H groups in total. The van der Waals surface area contributed by atoms with Crippen molar-refractivity contribution in [3.05, 3.63) is 72.4 Å². The van der Waals surface area contributed by atoms with E-state index in [1.807, 2.05) is 0 Å². The third-order valence-electron chi connectivity index (χ3n) is 22.9. The lowest BCUT2D eigenvalue weighted by Crippen LogP contribution is -2.93. The topological polar surface area (TPSA) is 331 Å². The molecule has 2 saturated carbocycles. The summed E-state index contributed by atoms with van der Waals surface area (Å²) in [6, 6.07) is 7.75. The Morgan fingerprint density at radius 2 is 1.41 bits per heavy atom. The van der Waals surface area contributed by atoms with Crippen LogP contribution in [0.4, 0.5) is 0 Å². The third kappa shape index (κ3) is 16.0. The van der Waals surface area contributed by atoms with Crippen molar-refractivity contribution < 1.29 is 95.3 Å². The summed E-state index contributed by atoms with van der Waals surface area (Å²) in [6.07, 6.45) is 8.70. The summed E-state index contributed by atoms with van der Waals surface area (Å²) in [5.41, 5.74) is 2.80. The molecule has 0 aromatic heterocycles. The second kappa shape index (κ2) is 31.3. The van der Waals surface area contributed by atoms with Crippen LogP contribution in [0, 0.1) is 29.6 Å². The molecule has 12 fully saturated rings. The van der Waals surface area contributed by atoms with Gasteiger partial charge in [0.2, 0.25) is 35.4 Å². The van der Waals surface area contributed by atoms with Gasteiger partial charge in [0.05, 0.1) is 105 Å². The summed E-state index contributed by atoms with van der Waals surface area (Å²) in [5, 5.41) is 15.8. The number of ketones is 1. The monoisotopic (exact) mass is 1390 g/mol. The van der Waals surface area contributed by atoms with E-state index in [9.17, 15) is 43.2 Å². The molecule has 1 aromatic carbocycles. The minimum atomic E-state index is -1.15. The molecule has 11 aliphatic heterocycles. The summed E-state index contributed by atoms with van der Waals surface area (Å²) in [6.45, 7) is 9.86. The van der Waals surface area contributed by atoms with Crippen molar-refractivity contribution in [1.29, 1.82) is 0 Å². The quantitative estimate of drug-likeness (QED) is 0.0319. The Morgan fingerprint density at radius 1 is 0.670 bits per heavy atom. The van der Waals surface area contributed by atoms with Crippen LogP contribution in [0.3, 0.4) is 0 Å². The van der Waals surface area contributed by atoms with E-state index in [4.69, 9.17) is 52.1 Å². The zero-order valence-corrected chi connectivity index (χ0v) is 57.6. The largest absolute Gasteiger partial charge is 0.380 e. The molecule has 13 aliphatic rings. The van der Waals surface area contributed by atoms with Crippen LogP contribution in [-0.4, -0.2) is 221 Å². The lowest BCUT2D eigenvalue weighted by Gasteiger charge is -2.80. The highest BCUT2D eigenvalue weighted by Gasteiger charge is 2.86. The maximum Gasteiger partial charge on any atom is 0.253 e. The lowest BCUT2D eigenvalue weighted by atomic mass is 9.51. The first-order valence-electron chi connectivity index (χ1n) is 36.4. The van der Waals surface area contributed by atoms with Gasteiger partial charge in [-0.05, 0) is 99.2 Å². The SMILES string of the molecule is C=C1C[C@@H]2CC[C@]34C[C@H]5OC6(O3)C3[C@@H](O4)[C@H]4O[C@H](CC[C@@H]4O[C@H]3[C@H]56)CC(=O)C[C@@H]3[C@@H](OC)[C@@H](C[C@@H](CNC(=O)[C@H](OCNC(=O)CNC(=O)[C@H](Cc4ccccc4)NC(=O)CNC(=O)CNC(=O)CCCCCN4C(=O)C=CC4=O)C4CC4)OC)O[C@H]3C[C@H]3O[C@@H](CC[C@@H]1O2)C[C@@H](C)C3=C. The number of amides is 8. The summed E-state index contributed by atoms with van der Waals surface area (Å²) in [4.78, 5) is 118. The molecule has 14 rings (SSSR count). The van der Waals surface area contributed by atoms with E-state index in [0.29, 0.717) is 56.9 Å². The van der Waals surface area contributed by atoms with E-state index < -0.39 is 97.3 Å². The molecule has 27 nitrogen and oxygen atoms in total. The smallest absolute Gasteiger partial charge is 0.253 e. The number of rotatable bonds is 27. The number of ether oxygens (including phenoxy) is 11. The second-order valence-electron chi connectivity index (χ2n) is 29.7. The number of nitrogens with zero attached hydrogens (tertiary/aromatic N) is 1. The molecular formula is C73H99N7O20. The maximum atomic E-state index is 14.7. The van der Waals surface area contributed by atoms with Gasteiger partial charge in [-0.25, -0.2) is 0 Å². The number of fused-ring (bicyclic) bond motifs is 6. The number of Topliss-reactive ketones (excluding diaryl/α,β-unsaturated/α-hetero) is 1. The molecule has 2 unspecified atom stereocenters. The number of carbonyl (C=O) groups excluding carboxylic acids is 9. The molecule has 1 aromatic rings. The molecule has 8 amide bonds. The van der Waals surface area contributed by atoms with Gasteiger partial charge in [0.25, 0.3) is 11.8 Å². The third-order valence-corrected chi connectivity index (χ3v) is 22.9. The van der Waals surface area contributed by atoms with Crippen LogP contribution >= 0.6 is 0 Å². The Kier molecular flexibility index (Phi) is 22.5. The van der Waals surface area contributed by atoms with E-state index in [1.54, 1.807) is 44.6 Å². The van der Waals surface area contributed by atoms with Crippen LogP contribution in [0.5, 0.6) is 0 Å². The maximum absolute atomic E-state index is 14.7. The molecule has 2 spiro atoms. The molecular weight excluding hydrogens is 1290 g/mol. The number of imide groups is 1. The van der Waals surface area contributed by atoms with Crippen LogP contribution in [-0.2, 0) is 102 Å². The number of methoxy groups -OCH3 is 2. The van der Waals surface area contributed by atoms with Crippen molar-refractivity contribution in [2.45, 2.75) is 245 Å². The van der Waals surface area contributed by atoms with Crippen molar-refractivity contribution in [2.75, 3.05) is 53.7 Å². The van der Waals surface area contributed by atoms with Crippen molar-refractivity contribution in [2.24, 2.45) is 29.6 Å². The van der Waals surface area contributed by atoms with E-state index in [1.165, 1.54) is 12.2 Å². The van der Waals surface area contributed by atoms with Crippen LogP contribution < -0.4 is 31.9 Å². The average Bonchev–Trinajstić information content (AvgIpc) is 0.694. The van der Waals surface area contributed by atoms with Crippen molar-refractivity contribution in [1.82, 2.24) is 36.8 Å². The minimum absolute atomic E-state index is 0.0123. The molecule has 2 aliphatic carbocycles. The summed E-state index contributed by atoms with van der Waals surface area (Å²) in [5.74, 6) is -5.89. The number of nitrogens with one attached hydrogen (secondary N) is 6. The minimum Gasteiger partial charge on any atom is -0.380 e. The van der Waals surface area contributed by atoms with E-state index in [-0.39, 0.29) is 160 Å². The molecule has 10 bridgehead atoms. The van der Waals surface area contributed by atoms with Gasteiger partial charge in [0.15, 0.2) is 11.6 Å². The van der Waals surface area contributed by atoms with E-state index in [2.05, 4.69) is 52.0 Å².